The maximum Gasteiger partial charge on any atom is 0.246 e. The maximum atomic E-state index is 12.9. The van der Waals surface area contributed by atoms with Crippen molar-refractivity contribution in [2.45, 2.75) is 44.2 Å². The van der Waals surface area contributed by atoms with E-state index in [2.05, 4.69) is 0 Å². The van der Waals surface area contributed by atoms with Gasteiger partial charge in [0.15, 0.2) is 0 Å². The molecule has 1 aromatic rings. The number of aliphatic hydroxyl groups excluding tert-OH is 2. The Morgan fingerprint density at radius 3 is 2.62 bits per heavy atom. The number of aliphatic hydroxyl groups is 2. The van der Waals surface area contributed by atoms with Crippen LogP contribution in [-0.4, -0.2) is 94.1 Å². The molecule has 1 aromatic carbocycles. The first kappa shape index (κ1) is 24.7. The highest BCUT2D eigenvalue weighted by Crippen LogP contribution is 2.53. The van der Waals surface area contributed by atoms with Gasteiger partial charge in [-0.3, -0.25) is 14.4 Å². The third-order valence-corrected chi connectivity index (χ3v) is 7.63. The number of amides is 3. The summed E-state index contributed by atoms with van der Waals surface area (Å²) in [5.74, 6) is -0.554. The summed E-state index contributed by atoms with van der Waals surface area (Å²) in [4.78, 5) is 43.1. The van der Waals surface area contributed by atoms with Crippen LogP contribution < -0.4 is 0 Å². The molecule has 2 aliphatic heterocycles. The minimum absolute atomic E-state index is 0.00454. The van der Waals surface area contributed by atoms with Crippen molar-refractivity contribution in [2.24, 2.45) is 5.41 Å². The van der Waals surface area contributed by atoms with E-state index in [1.807, 2.05) is 6.07 Å². The average molecular weight is 490 g/mol. The molecule has 0 aromatic heterocycles. The average Bonchev–Trinajstić information content (AvgIpc) is 3.63. The van der Waals surface area contributed by atoms with Crippen molar-refractivity contribution in [1.82, 2.24) is 14.7 Å². The number of hydrogen-bond acceptors (Lipinski definition) is 5. The van der Waals surface area contributed by atoms with Crippen LogP contribution in [0.5, 0.6) is 0 Å². The number of carbonyl (C=O) groups is 3. The quantitative estimate of drug-likeness (QED) is 0.590. The van der Waals surface area contributed by atoms with Gasteiger partial charge in [-0.05, 0) is 48.4 Å². The second kappa shape index (κ2) is 10.5. The van der Waals surface area contributed by atoms with Crippen LogP contribution in [0.1, 0.15) is 37.7 Å². The molecule has 0 radical (unpaired) electrons. The predicted molar refractivity (Wildman–Crippen MR) is 128 cm³/mol. The van der Waals surface area contributed by atoms with Crippen LogP contribution in [0.25, 0.3) is 6.08 Å². The molecule has 34 heavy (non-hydrogen) atoms. The van der Waals surface area contributed by atoms with E-state index in [1.54, 1.807) is 34.1 Å². The van der Waals surface area contributed by atoms with Gasteiger partial charge in [-0.1, -0.05) is 23.7 Å². The second-order valence-corrected chi connectivity index (χ2v) is 10.00. The molecule has 184 valence electrons. The molecule has 2 heterocycles. The van der Waals surface area contributed by atoms with E-state index >= 15 is 0 Å². The molecule has 4 rings (SSSR count). The number of benzene rings is 1. The summed E-state index contributed by atoms with van der Waals surface area (Å²) in [5.41, 5.74) is 0.813. The number of carbonyl (C=O) groups excluding carboxylic acids is 3. The summed E-state index contributed by atoms with van der Waals surface area (Å²) in [6.45, 7) is 1.43. The monoisotopic (exact) mass is 489 g/mol. The highest BCUT2D eigenvalue weighted by atomic mass is 35.5. The molecular weight excluding hydrogens is 458 g/mol. The first-order chi connectivity index (χ1) is 16.3. The first-order valence-corrected chi connectivity index (χ1v) is 12.3. The van der Waals surface area contributed by atoms with Gasteiger partial charge in [-0.15, -0.1) is 0 Å². The number of halogens is 1. The molecule has 2 saturated heterocycles. The summed E-state index contributed by atoms with van der Waals surface area (Å²) in [5, 5.41) is 20.9. The Kier molecular flexibility index (Phi) is 7.60. The fourth-order valence-corrected chi connectivity index (χ4v) is 5.12. The highest BCUT2D eigenvalue weighted by Gasteiger charge is 2.51. The number of piperidine rings is 1. The van der Waals surface area contributed by atoms with Crippen molar-refractivity contribution < 1.29 is 24.6 Å². The van der Waals surface area contributed by atoms with Crippen molar-refractivity contribution in [3.63, 3.8) is 0 Å². The molecule has 2 N–H and O–H groups in total. The molecule has 1 spiro atoms. The molecule has 2 atom stereocenters. The van der Waals surface area contributed by atoms with Gasteiger partial charge in [-0.2, -0.15) is 0 Å². The third kappa shape index (κ3) is 5.62. The highest BCUT2D eigenvalue weighted by molar-refractivity contribution is 6.30. The fourth-order valence-electron chi connectivity index (χ4n) is 4.92. The molecule has 0 unspecified atom stereocenters. The largest absolute Gasteiger partial charge is 0.394 e. The smallest absolute Gasteiger partial charge is 0.246 e. The summed E-state index contributed by atoms with van der Waals surface area (Å²) in [6, 6.07) is 6.52. The molecule has 3 aliphatic rings. The van der Waals surface area contributed by atoms with Crippen LogP contribution >= 0.6 is 11.6 Å². The summed E-state index contributed by atoms with van der Waals surface area (Å²) >= 11 is 5.98. The van der Waals surface area contributed by atoms with Gasteiger partial charge in [-0.25, -0.2) is 0 Å². The zero-order chi connectivity index (χ0) is 24.3. The summed E-state index contributed by atoms with van der Waals surface area (Å²) in [6.07, 6.45) is 5.61. The number of rotatable bonds is 6. The Hall–Kier alpha value is -2.42. The lowest BCUT2D eigenvalue weighted by atomic mass is 9.90. The van der Waals surface area contributed by atoms with Crippen molar-refractivity contribution >= 4 is 35.4 Å². The number of likely N-dealkylation sites (tertiary alicyclic amines) is 1. The predicted octanol–water partition coefficient (Wildman–Crippen LogP) is 1.54. The Balaban J connectivity index is 1.33. The van der Waals surface area contributed by atoms with Crippen LogP contribution in [0.2, 0.25) is 5.02 Å². The van der Waals surface area contributed by atoms with Crippen molar-refractivity contribution in [1.29, 1.82) is 0 Å². The third-order valence-electron chi connectivity index (χ3n) is 7.39. The fraction of sp³-hybridized carbons (Fsp3) is 0.560. The van der Waals surface area contributed by atoms with Gasteiger partial charge < -0.3 is 24.9 Å². The van der Waals surface area contributed by atoms with Gasteiger partial charge >= 0.3 is 0 Å². The molecule has 3 amide bonds. The van der Waals surface area contributed by atoms with Crippen molar-refractivity contribution in [3.05, 3.63) is 40.9 Å². The van der Waals surface area contributed by atoms with E-state index in [1.165, 1.54) is 11.0 Å². The first-order valence-electron chi connectivity index (χ1n) is 11.9. The van der Waals surface area contributed by atoms with E-state index in [4.69, 9.17) is 11.6 Å². The molecule has 8 nitrogen and oxygen atoms in total. The zero-order valence-corrected chi connectivity index (χ0v) is 20.0. The number of nitrogens with zero attached hydrogens (tertiary/aromatic N) is 3. The molecular formula is C25H32ClN3O5. The summed E-state index contributed by atoms with van der Waals surface area (Å²) < 4.78 is 0. The molecule has 1 saturated carbocycles. The van der Waals surface area contributed by atoms with Crippen molar-refractivity contribution in [2.75, 3.05) is 39.3 Å². The van der Waals surface area contributed by atoms with Crippen LogP contribution in [0.4, 0.5) is 0 Å². The Bertz CT molecular complexity index is 964. The lowest BCUT2D eigenvalue weighted by molar-refractivity contribution is -0.141. The van der Waals surface area contributed by atoms with E-state index in [9.17, 15) is 24.6 Å². The topological polar surface area (TPSA) is 101 Å². The zero-order valence-electron chi connectivity index (χ0n) is 19.2. The van der Waals surface area contributed by atoms with Crippen LogP contribution in [-0.2, 0) is 14.4 Å². The van der Waals surface area contributed by atoms with E-state index in [-0.39, 0.29) is 55.7 Å². The van der Waals surface area contributed by atoms with Gasteiger partial charge in [0.05, 0.1) is 18.8 Å². The molecule has 1 aliphatic carbocycles. The number of β-amino-alcohol motifs (C(OH)–C–C–N with tert-alkyl or cyclic N) is 1. The van der Waals surface area contributed by atoms with Crippen LogP contribution in [0, 0.1) is 5.41 Å². The van der Waals surface area contributed by atoms with Gasteiger partial charge in [0, 0.05) is 56.7 Å². The minimum atomic E-state index is -0.647. The SMILES string of the molecule is O=C(C=Cc1cccc(Cl)c1)N1CCC(=O)N([C@@H](CO)CC(=O)N2CCC3(CC3)[C@H](O)C2)CC1. The van der Waals surface area contributed by atoms with Gasteiger partial charge in [0.2, 0.25) is 17.7 Å². The normalized spacial score (nSPS) is 23.3. The van der Waals surface area contributed by atoms with Crippen LogP contribution in [0.3, 0.4) is 0 Å². The van der Waals surface area contributed by atoms with Gasteiger partial charge in [0.25, 0.3) is 0 Å². The lowest BCUT2D eigenvalue weighted by Crippen LogP contribution is -2.51. The molecule has 0 bridgehead atoms. The van der Waals surface area contributed by atoms with E-state index < -0.39 is 12.1 Å². The van der Waals surface area contributed by atoms with Gasteiger partial charge in [0.1, 0.15) is 0 Å². The lowest BCUT2D eigenvalue weighted by Gasteiger charge is -2.38. The second-order valence-electron chi connectivity index (χ2n) is 9.56. The minimum Gasteiger partial charge on any atom is -0.394 e. The Morgan fingerprint density at radius 1 is 1.15 bits per heavy atom. The molecule has 3 fully saturated rings. The maximum absolute atomic E-state index is 12.9. The Labute approximate surface area is 204 Å². The summed E-state index contributed by atoms with van der Waals surface area (Å²) in [7, 11) is 0. The van der Waals surface area contributed by atoms with E-state index in [0.29, 0.717) is 24.7 Å². The number of hydrogen-bond donors (Lipinski definition) is 2. The van der Waals surface area contributed by atoms with E-state index in [0.717, 1.165) is 24.8 Å². The van der Waals surface area contributed by atoms with Crippen LogP contribution in [0.15, 0.2) is 30.3 Å². The van der Waals surface area contributed by atoms with Crippen molar-refractivity contribution in [3.8, 4) is 0 Å². The standard InChI is InChI=1S/C25H32ClN3O5/c26-19-3-1-2-18(14-19)4-5-22(32)27-10-6-23(33)29(13-12-27)20(17-30)15-24(34)28-11-9-25(7-8-25)21(31)16-28/h1-5,14,20-21,30-31H,6-13,15-17H2/t20-,21-/m1/s1. The molecule has 9 heteroatoms. The Morgan fingerprint density at radius 2 is 1.94 bits per heavy atom.